The normalized spacial score (nSPS) is 13.4. The van der Waals surface area contributed by atoms with E-state index >= 15 is 0 Å². The fraction of sp³-hybridized carbons (Fsp3) is 0.750. The molecule has 8 heteroatoms. The number of carboxylic acids is 1. The number of ether oxygens (including phenoxy) is 3. The second-order valence-corrected chi connectivity index (χ2v) is 17.5. The van der Waals surface area contributed by atoms with E-state index in [4.69, 9.17) is 14.2 Å². The molecule has 0 rings (SSSR count). The van der Waals surface area contributed by atoms with Crippen molar-refractivity contribution in [2.24, 2.45) is 0 Å². The van der Waals surface area contributed by atoms with Crippen molar-refractivity contribution in [3.63, 3.8) is 0 Å². The fourth-order valence-corrected chi connectivity index (χ4v) is 6.92. The van der Waals surface area contributed by atoms with Gasteiger partial charge in [0.15, 0.2) is 12.1 Å². The van der Waals surface area contributed by atoms with E-state index in [1.165, 1.54) is 89.9 Å². The highest BCUT2D eigenvalue weighted by molar-refractivity contribution is 5.72. The lowest BCUT2D eigenvalue weighted by atomic mass is 10.1. The van der Waals surface area contributed by atoms with Gasteiger partial charge in [0.05, 0.1) is 34.4 Å². The van der Waals surface area contributed by atoms with Gasteiger partial charge in [0.1, 0.15) is 6.61 Å². The molecule has 0 aliphatic carbocycles. The molecular weight excluding hydrogens is 751 g/mol. The lowest BCUT2D eigenvalue weighted by Crippen LogP contribution is -2.50. The number of allylic oxidation sites excluding steroid dienone is 10. The van der Waals surface area contributed by atoms with Crippen molar-refractivity contribution in [3.05, 3.63) is 60.8 Å². The van der Waals surface area contributed by atoms with Crippen molar-refractivity contribution in [1.82, 2.24) is 0 Å². The van der Waals surface area contributed by atoms with Crippen molar-refractivity contribution >= 4 is 17.9 Å². The van der Waals surface area contributed by atoms with Crippen LogP contribution < -0.4 is 0 Å². The van der Waals surface area contributed by atoms with E-state index in [0.29, 0.717) is 19.3 Å². The number of unbranched alkanes of at least 4 members (excludes halogenated alkanes) is 22. The van der Waals surface area contributed by atoms with Gasteiger partial charge < -0.3 is 23.8 Å². The maximum absolute atomic E-state index is 12.8. The van der Waals surface area contributed by atoms with E-state index in [9.17, 15) is 19.5 Å². The van der Waals surface area contributed by atoms with Crippen LogP contribution in [0.25, 0.3) is 0 Å². The summed E-state index contributed by atoms with van der Waals surface area (Å²) >= 11 is 0. The van der Waals surface area contributed by atoms with Crippen LogP contribution in [-0.4, -0.2) is 80.6 Å². The third-order valence-corrected chi connectivity index (χ3v) is 10.7. The first-order chi connectivity index (χ1) is 29.1. The Kier molecular flexibility index (Phi) is 40.6. The highest BCUT2D eigenvalue weighted by atomic mass is 16.6. The van der Waals surface area contributed by atoms with E-state index in [1.807, 2.05) is 21.1 Å². The van der Waals surface area contributed by atoms with Crippen molar-refractivity contribution in [2.75, 3.05) is 41.0 Å². The predicted octanol–water partition coefficient (Wildman–Crippen LogP) is 13.8. The molecule has 0 fully saturated rings. The van der Waals surface area contributed by atoms with Crippen LogP contribution in [0.3, 0.4) is 0 Å². The molecule has 0 spiro atoms. The standard InChI is InChI=1S/C52H91NO7/c1-6-8-10-12-14-16-18-20-22-24-26-28-30-32-34-36-38-40-42-50(54)59-47-48(46-58-45-44-49(52(56)57)53(3,4)5)60-51(55)43-41-39-37-35-33-31-29-27-25-23-21-19-17-15-13-11-9-7-2/h14,16,18,20,22,24,26-29,48-49H,6-13,15,17,19,21,23,25,30-47H2,1-5H3/p+1/b16-14+,20-18+,24-22+,28-26+,29-27+. The molecule has 0 bridgehead atoms. The summed E-state index contributed by atoms with van der Waals surface area (Å²) in [6, 6.07) is -0.622. The van der Waals surface area contributed by atoms with Gasteiger partial charge in [-0.05, 0) is 64.2 Å². The highest BCUT2D eigenvalue weighted by Crippen LogP contribution is 2.14. The molecule has 346 valence electrons. The van der Waals surface area contributed by atoms with Crippen LogP contribution in [0, 0.1) is 0 Å². The summed E-state index contributed by atoms with van der Waals surface area (Å²) in [4.78, 5) is 37.1. The van der Waals surface area contributed by atoms with Gasteiger partial charge in [0, 0.05) is 19.3 Å². The molecule has 0 aliphatic rings. The fourth-order valence-electron chi connectivity index (χ4n) is 6.92. The van der Waals surface area contributed by atoms with E-state index in [2.05, 4.69) is 74.6 Å². The average Bonchev–Trinajstić information content (AvgIpc) is 3.21. The van der Waals surface area contributed by atoms with Gasteiger partial charge >= 0.3 is 17.9 Å². The predicted molar refractivity (Wildman–Crippen MR) is 252 cm³/mol. The molecule has 60 heavy (non-hydrogen) atoms. The molecule has 0 aromatic heterocycles. The van der Waals surface area contributed by atoms with Gasteiger partial charge in [0.2, 0.25) is 0 Å². The number of hydrogen-bond acceptors (Lipinski definition) is 6. The Morgan fingerprint density at radius 3 is 1.38 bits per heavy atom. The number of hydrogen-bond donors (Lipinski definition) is 1. The average molecular weight is 843 g/mol. The Hall–Kier alpha value is -2.97. The van der Waals surface area contributed by atoms with E-state index < -0.39 is 18.1 Å². The number of likely N-dealkylation sites (N-methyl/N-ethyl adjacent to an activating group) is 1. The number of carbonyl (C=O) groups is 3. The molecule has 2 atom stereocenters. The summed E-state index contributed by atoms with van der Waals surface area (Å²) in [5, 5.41) is 9.64. The third kappa shape index (κ3) is 40.4. The molecular formula is C52H92NO7+. The monoisotopic (exact) mass is 843 g/mol. The number of rotatable bonds is 43. The van der Waals surface area contributed by atoms with E-state index in [0.717, 1.165) is 77.0 Å². The zero-order valence-corrected chi connectivity index (χ0v) is 39.4. The number of carbonyl (C=O) groups excluding carboxylic acids is 2. The zero-order valence-electron chi connectivity index (χ0n) is 39.4. The first kappa shape index (κ1) is 57.0. The summed E-state index contributed by atoms with van der Waals surface area (Å²) in [6.07, 6.45) is 52.6. The minimum atomic E-state index is -0.881. The highest BCUT2D eigenvalue weighted by Gasteiger charge is 2.31. The molecule has 2 unspecified atom stereocenters. The van der Waals surface area contributed by atoms with Crippen molar-refractivity contribution < 1.29 is 38.2 Å². The Labute approximate surface area is 368 Å². The van der Waals surface area contributed by atoms with Crippen molar-refractivity contribution in [3.8, 4) is 0 Å². The number of esters is 2. The molecule has 8 nitrogen and oxygen atoms in total. The van der Waals surface area contributed by atoms with Crippen LogP contribution in [0.1, 0.15) is 200 Å². The number of aliphatic carboxylic acids is 1. The third-order valence-electron chi connectivity index (χ3n) is 10.7. The Morgan fingerprint density at radius 1 is 0.500 bits per heavy atom. The minimum Gasteiger partial charge on any atom is -0.477 e. The Morgan fingerprint density at radius 2 is 0.900 bits per heavy atom. The van der Waals surface area contributed by atoms with Crippen LogP contribution in [0.15, 0.2) is 60.8 Å². The van der Waals surface area contributed by atoms with Gasteiger partial charge in [0.25, 0.3) is 0 Å². The Balaban J connectivity index is 4.36. The first-order valence-electron chi connectivity index (χ1n) is 24.4. The number of carboxylic acid groups (broad SMARTS) is 1. The molecule has 0 aromatic carbocycles. The number of quaternary nitrogens is 1. The minimum absolute atomic E-state index is 0.0482. The maximum Gasteiger partial charge on any atom is 0.362 e. The zero-order chi connectivity index (χ0) is 44.2. The SMILES string of the molecule is CCCCC/C=C/C=C/C=C/C=C/CCCCCCCC(=O)OCC(COCCC(C(=O)O)[N+](C)(C)C)OC(=O)CCCCCCC/C=C/CCCCCCCCCCC. The van der Waals surface area contributed by atoms with Crippen molar-refractivity contribution in [1.29, 1.82) is 0 Å². The summed E-state index contributed by atoms with van der Waals surface area (Å²) in [5.41, 5.74) is 0. The quantitative estimate of drug-likeness (QED) is 0.0215. The largest absolute Gasteiger partial charge is 0.477 e. The summed E-state index contributed by atoms with van der Waals surface area (Å²) in [7, 11) is 5.52. The summed E-state index contributed by atoms with van der Waals surface area (Å²) < 4.78 is 17.3. The van der Waals surface area contributed by atoms with Crippen LogP contribution >= 0.6 is 0 Å². The van der Waals surface area contributed by atoms with Crippen LogP contribution in [0.2, 0.25) is 0 Å². The number of nitrogens with zero attached hydrogens (tertiary/aromatic N) is 1. The van der Waals surface area contributed by atoms with Gasteiger partial charge in [-0.15, -0.1) is 0 Å². The van der Waals surface area contributed by atoms with Crippen LogP contribution in [0.4, 0.5) is 0 Å². The Bertz CT molecular complexity index is 1170. The smallest absolute Gasteiger partial charge is 0.362 e. The van der Waals surface area contributed by atoms with Crippen LogP contribution in [-0.2, 0) is 28.6 Å². The lowest BCUT2D eigenvalue weighted by molar-refractivity contribution is -0.887. The molecule has 0 saturated carbocycles. The van der Waals surface area contributed by atoms with Crippen LogP contribution in [0.5, 0.6) is 0 Å². The van der Waals surface area contributed by atoms with Crippen molar-refractivity contribution in [2.45, 2.75) is 212 Å². The second kappa shape index (κ2) is 42.7. The molecule has 0 heterocycles. The molecule has 1 N–H and O–H groups in total. The van der Waals surface area contributed by atoms with E-state index in [-0.39, 0.29) is 36.2 Å². The first-order valence-corrected chi connectivity index (χ1v) is 24.4. The van der Waals surface area contributed by atoms with E-state index in [1.54, 1.807) is 0 Å². The summed E-state index contributed by atoms with van der Waals surface area (Å²) in [6.45, 7) is 4.67. The maximum atomic E-state index is 12.8. The topological polar surface area (TPSA) is 99.1 Å². The lowest BCUT2D eigenvalue weighted by Gasteiger charge is -2.31. The molecule has 0 amide bonds. The molecule has 0 radical (unpaired) electrons. The molecule has 0 aromatic rings. The van der Waals surface area contributed by atoms with Gasteiger partial charge in [-0.2, -0.15) is 0 Å². The van der Waals surface area contributed by atoms with Gasteiger partial charge in [-0.25, -0.2) is 4.79 Å². The second-order valence-electron chi connectivity index (χ2n) is 17.5. The van der Waals surface area contributed by atoms with Gasteiger partial charge in [-0.3, -0.25) is 9.59 Å². The van der Waals surface area contributed by atoms with Gasteiger partial charge in [-0.1, -0.05) is 177 Å². The molecule has 0 aliphatic heterocycles. The summed E-state index contributed by atoms with van der Waals surface area (Å²) in [5.74, 6) is -1.51. The molecule has 0 saturated heterocycles.